The van der Waals surface area contributed by atoms with E-state index in [0.29, 0.717) is 26.9 Å². The molecule has 0 aliphatic carbocycles. The SMILES string of the molecule is CN(C)C(=O)c1ccc(NC(=O)/C(C#N)=C/c2c(Cl)cccc2Cl)cc1. The molecule has 132 valence electrons. The minimum absolute atomic E-state index is 0.145. The summed E-state index contributed by atoms with van der Waals surface area (Å²) in [5, 5.41) is 12.6. The Balaban J connectivity index is 2.21. The lowest BCUT2D eigenvalue weighted by atomic mass is 10.1. The van der Waals surface area contributed by atoms with Crippen LogP contribution in [0, 0.1) is 11.3 Å². The Kier molecular flexibility index (Phi) is 6.40. The molecule has 0 aliphatic rings. The predicted octanol–water partition coefficient (Wildman–Crippen LogP) is 4.24. The lowest BCUT2D eigenvalue weighted by Crippen LogP contribution is -2.21. The Bertz CT molecular complexity index is 893. The number of amides is 2. The van der Waals surface area contributed by atoms with E-state index in [-0.39, 0.29) is 11.5 Å². The maximum Gasteiger partial charge on any atom is 0.266 e. The highest BCUT2D eigenvalue weighted by molar-refractivity contribution is 6.37. The van der Waals surface area contributed by atoms with Gasteiger partial charge >= 0.3 is 0 Å². The fourth-order valence-electron chi connectivity index (χ4n) is 2.09. The molecule has 26 heavy (non-hydrogen) atoms. The van der Waals surface area contributed by atoms with E-state index in [2.05, 4.69) is 5.32 Å². The van der Waals surface area contributed by atoms with Crippen molar-refractivity contribution >= 4 is 46.8 Å². The number of benzene rings is 2. The topological polar surface area (TPSA) is 73.2 Å². The van der Waals surface area contributed by atoms with Crippen LogP contribution in [-0.4, -0.2) is 30.8 Å². The van der Waals surface area contributed by atoms with E-state index in [1.807, 2.05) is 6.07 Å². The van der Waals surface area contributed by atoms with Crippen molar-refractivity contribution in [2.24, 2.45) is 0 Å². The maximum atomic E-state index is 12.3. The molecule has 7 heteroatoms. The van der Waals surface area contributed by atoms with Gasteiger partial charge in [0.05, 0.1) is 0 Å². The number of hydrogen-bond acceptors (Lipinski definition) is 3. The Morgan fingerprint density at radius 2 is 1.65 bits per heavy atom. The van der Waals surface area contributed by atoms with Crippen LogP contribution < -0.4 is 5.32 Å². The third kappa shape index (κ3) is 4.63. The number of carbonyl (C=O) groups excluding carboxylic acids is 2. The third-order valence-corrected chi connectivity index (χ3v) is 4.11. The monoisotopic (exact) mass is 387 g/mol. The summed E-state index contributed by atoms with van der Waals surface area (Å²) < 4.78 is 0. The quantitative estimate of drug-likeness (QED) is 0.629. The number of carbonyl (C=O) groups is 2. The molecule has 0 aliphatic heterocycles. The summed E-state index contributed by atoms with van der Waals surface area (Å²) in [6.45, 7) is 0. The van der Waals surface area contributed by atoms with Crippen LogP contribution in [0.5, 0.6) is 0 Å². The number of nitrogens with zero attached hydrogens (tertiary/aromatic N) is 2. The van der Waals surface area contributed by atoms with E-state index in [4.69, 9.17) is 23.2 Å². The van der Waals surface area contributed by atoms with Gasteiger partial charge in [0.2, 0.25) is 0 Å². The molecular weight excluding hydrogens is 373 g/mol. The highest BCUT2D eigenvalue weighted by Crippen LogP contribution is 2.26. The number of anilines is 1. The zero-order valence-electron chi connectivity index (χ0n) is 14.1. The summed E-state index contributed by atoms with van der Waals surface area (Å²) in [7, 11) is 3.31. The van der Waals surface area contributed by atoms with Crippen LogP contribution in [-0.2, 0) is 4.79 Å². The lowest BCUT2D eigenvalue weighted by molar-refractivity contribution is -0.112. The Labute approximate surface area is 161 Å². The molecule has 0 heterocycles. The maximum absolute atomic E-state index is 12.3. The van der Waals surface area contributed by atoms with Crippen molar-refractivity contribution in [1.82, 2.24) is 4.90 Å². The molecule has 1 N–H and O–H groups in total. The normalized spacial score (nSPS) is 10.8. The molecule has 0 spiro atoms. The molecule has 0 saturated heterocycles. The number of halogens is 2. The van der Waals surface area contributed by atoms with Gasteiger partial charge in [-0.2, -0.15) is 5.26 Å². The number of nitriles is 1. The first-order chi connectivity index (χ1) is 12.3. The highest BCUT2D eigenvalue weighted by Gasteiger charge is 2.13. The van der Waals surface area contributed by atoms with Gasteiger partial charge in [0.15, 0.2) is 0 Å². The Morgan fingerprint density at radius 3 is 2.15 bits per heavy atom. The molecule has 0 aromatic heterocycles. The van der Waals surface area contributed by atoms with Gasteiger partial charge in [0.1, 0.15) is 11.6 Å². The van der Waals surface area contributed by atoms with Gasteiger partial charge in [-0.3, -0.25) is 9.59 Å². The van der Waals surface area contributed by atoms with E-state index in [9.17, 15) is 14.9 Å². The van der Waals surface area contributed by atoms with Gasteiger partial charge < -0.3 is 10.2 Å². The van der Waals surface area contributed by atoms with Gasteiger partial charge in [-0.25, -0.2) is 0 Å². The second kappa shape index (κ2) is 8.52. The molecule has 0 saturated carbocycles. The minimum atomic E-state index is -0.602. The van der Waals surface area contributed by atoms with Gasteiger partial charge in [-0.05, 0) is 42.5 Å². The molecule has 2 rings (SSSR count). The average Bonchev–Trinajstić information content (AvgIpc) is 2.61. The average molecular weight is 388 g/mol. The molecule has 0 bridgehead atoms. The molecule has 0 atom stereocenters. The van der Waals surface area contributed by atoms with E-state index in [1.54, 1.807) is 56.6 Å². The molecular formula is C19H15Cl2N3O2. The summed E-state index contributed by atoms with van der Waals surface area (Å²) in [4.78, 5) is 25.7. The van der Waals surface area contributed by atoms with Crippen molar-refractivity contribution < 1.29 is 9.59 Å². The number of nitrogens with one attached hydrogen (secondary N) is 1. The molecule has 2 aromatic rings. The molecule has 2 amide bonds. The van der Waals surface area contributed by atoms with E-state index in [0.717, 1.165) is 0 Å². The van der Waals surface area contributed by atoms with Crippen LogP contribution in [0.4, 0.5) is 5.69 Å². The summed E-state index contributed by atoms with van der Waals surface area (Å²) >= 11 is 12.1. The van der Waals surface area contributed by atoms with E-state index < -0.39 is 5.91 Å². The largest absolute Gasteiger partial charge is 0.345 e. The number of hydrogen-bond donors (Lipinski definition) is 1. The zero-order chi connectivity index (χ0) is 19.3. The van der Waals surface area contributed by atoms with Crippen LogP contribution in [0.15, 0.2) is 48.0 Å². The minimum Gasteiger partial charge on any atom is -0.345 e. The fraction of sp³-hybridized carbons (Fsp3) is 0.105. The van der Waals surface area contributed by atoms with Gasteiger partial charge in [-0.15, -0.1) is 0 Å². The second-order valence-electron chi connectivity index (χ2n) is 5.54. The summed E-state index contributed by atoms with van der Waals surface area (Å²) in [6.07, 6.45) is 1.34. The van der Waals surface area contributed by atoms with Crippen molar-refractivity contribution in [3.8, 4) is 6.07 Å². The van der Waals surface area contributed by atoms with Crippen molar-refractivity contribution in [3.63, 3.8) is 0 Å². The highest BCUT2D eigenvalue weighted by atomic mass is 35.5. The van der Waals surface area contributed by atoms with Crippen LogP contribution >= 0.6 is 23.2 Å². The second-order valence-corrected chi connectivity index (χ2v) is 6.35. The summed E-state index contributed by atoms with van der Waals surface area (Å²) in [5.41, 5.74) is 1.20. The molecule has 0 fully saturated rings. The molecule has 2 aromatic carbocycles. The Morgan fingerprint density at radius 1 is 1.08 bits per heavy atom. The zero-order valence-corrected chi connectivity index (χ0v) is 15.6. The van der Waals surface area contributed by atoms with Crippen LogP contribution in [0.2, 0.25) is 10.0 Å². The van der Waals surface area contributed by atoms with Crippen molar-refractivity contribution in [2.75, 3.05) is 19.4 Å². The lowest BCUT2D eigenvalue weighted by Gasteiger charge is -2.11. The van der Waals surface area contributed by atoms with Gasteiger partial charge in [0.25, 0.3) is 11.8 Å². The van der Waals surface area contributed by atoms with Crippen molar-refractivity contribution in [2.45, 2.75) is 0 Å². The first kappa shape index (κ1) is 19.5. The summed E-state index contributed by atoms with van der Waals surface area (Å²) in [5.74, 6) is -0.746. The standard InChI is InChI=1S/C19H15Cl2N3O2/c1-24(2)19(26)12-6-8-14(9-7-12)23-18(25)13(11-22)10-15-16(20)4-3-5-17(15)21/h3-10H,1-2H3,(H,23,25)/b13-10+. The molecule has 5 nitrogen and oxygen atoms in total. The smallest absolute Gasteiger partial charge is 0.266 e. The van der Waals surface area contributed by atoms with E-state index in [1.165, 1.54) is 11.0 Å². The van der Waals surface area contributed by atoms with Crippen LogP contribution in [0.3, 0.4) is 0 Å². The molecule has 0 unspecified atom stereocenters. The van der Waals surface area contributed by atoms with Gasteiger partial charge in [0, 0.05) is 41.0 Å². The fourth-order valence-corrected chi connectivity index (χ4v) is 2.60. The van der Waals surface area contributed by atoms with E-state index >= 15 is 0 Å². The number of rotatable bonds is 4. The van der Waals surface area contributed by atoms with Crippen molar-refractivity contribution in [1.29, 1.82) is 5.26 Å². The Hall–Kier alpha value is -2.81. The third-order valence-electron chi connectivity index (χ3n) is 3.45. The van der Waals surface area contributed by atoms with Crippen LogP contribution in [0.1, 0.15) is 15.9 Å². The first-order valence-electron chi connectivity index (χ1n) is 7.52. The first-order valence-corrected chi connectivity index (χ1v) is 8.28. The predicted molar refractivity (Wildman–Crippen MR) is 103 cm³/mol. The van der Waals surface area contributed by atoms with Crippen LogP contribution in [0.25, 0.3) is 6.08 Å². The van der Waals surface area contributed by atoms with Gasteiger partial charge in [-0.1, -0.05) is 29.3 Å². The summed E-state index contributed by atoms with van der Waals surface area (Å²) in [6, 6.07) is 13.1. The molecule has 0 radical (unpaired) electrons. The van der Waals surface area contributed by atoms with Crippen molar-refractivity contribution in [3.05, 3.63) is 69.2 Å².